The van der Waals surface area contributed by atoms with E-state index in [1.165, 1.54) is 0 Å². The van der Waals surface area contributed by atoms with Gasteiger partial charge in [-0.05, 0) is 45.8 Å². The molecule has 0 bridgehead atoms. The molecule has 0 aliphatic carbocycles. The Balaban J connectivity index is 1.69. The first-order valence-corrected chi connectivity index (χ1v) is 7.58. The van der Waals surface area contributed by atoms with E-state index in [0.717, 1.165) is 21.5 Å². The summed E-state index contributed by atoms with van der Waals surface area (Å²) in [5.41, 5.74) is 2.04. The number of pyridine rings is 1. The molecule has 5 nitrogen and oxygen atoms in total. The number of para-hydroxylation sites is 1. The highest BCUT2D eigenvalue weighted by molar-refractivity contribution is 9.10. The van der Waals surface area contributed by atoms with Crippen molar-refractivity contribution in [1.82, 2.24) is 15.0 Å². The molecule has 0 spiro atoms. The summed E-state index contributed by atoms with van der Waals surface area (Å²) in [4.78, 5) is 12.8. The Labute approximate surface area is 137 Å². The quantitative estimate of drug-likeness (QED) is 0.724. The van der Waals surface area contributed by atoms with Crippen molar-refractivity contribution in [1.29, 1.82) is 0 Å². The molecule has 0 aliphatic rings. The molecule has 3 rings (SSSR count). The van der Waals surface area contributed by atoms with Gasteiger partial charge >= 0.3 is 0 Å². The summed E-state index contributed by atoms with van der Waals surface area (Å²) < 4.78 is 0.985. The lowest BCUT2D eigenvalue weighted by Gasteiger charge is -2.09. The second-order valence-corrected chi connectivity index (χ2v) is 5.44. The van der Waals surface area contributed by atoms with E-state index < -0.39 is 0 Å². The fourth-order valence-corrected chi connectivity index (χ4v) is 2.28. The van der Waals surface area contributed by atoms with Gasteiger partial charge in [0.25, 0.3) is 0 Å². The molecule has 22 heavy (non-hydrogen) atoms. The Bertz CT molecular complexity index is 748. The van der Waals surface area contributed by atoms with Gasteiger partial charge in [0.15, 0.2) is 0 Å². The Morgan fingerprint density at radius 1 is 1.00 bits per heavy atom. The van der Waals surface area contributed by atoms with E-state index in [4.69, 9.17) is 0 Å². The molecule has 2 aromatic heterocycles. The molecule has 3 aromatic rings. The maximum Gasteiger partial charge on any atom is 0.224 e. The lowest BCUT2D eigenvalue weighted by atomic mass is 10.3. The first kappa shape index (κ1) is 14.5. The van der Waals surface area contributed by atoms with Gasteiger partial charge in [0.1, 0.15) is 5.82 Å². The summed E-state index contributed by atoms with van der Waals surface area (Å²) in [5, 5.41) is 6.45. The molecule has 0 unspecified atom stereocenters. The van der Waals surface area contributed by atoms with E-state index in [1.54, 1.807) is 12.4 Å². The number of hydrogen-bond acceptors (Lipinski definition) is 5. The first-order valence-electron chi connectivity index (χ1n) is 6.78. The normalized spacial score (nSPS) is 10.2. The number of halogens is 1. The fourth-order valence-electron chi connectivity index (χ4n) is 1.90. The molecule has 0 saturated carbocycles. The second-order valence-electron chi connectivity index (χ2n) is 4.59. The fraction of sp³-hybridized carbons (Fsp3) is 0.0625. The van der Waals surface area contributed by atoms with Crippen molar-refractivity contribution in [2.45, 2.75) is 6.54 Å². The first-order chi connectivity index (χ1) is 10.8. The van der Waals surface area contributed by atoms with Crippen LogP contribution < -0.4 is 10.6 Å². The second kappa shape index (κ2) is 7.00. The van der Waals surface area contributed by atoms with Crippen molar-refractivity contribution in [3.05, 3.63) is 71.1 Å². The largest absolute Gasteiger partial charge is 0.350 e. The van der Waals surface area contributed by atoms with Crippen molar-refractivity contribution in [2.24, 2.45) is 0 Å². The Kier molecular flexibility index (Phi) is 4.60. The van der Waals surface area contributed by atoms with E-state index in [9.17, 15) is 0 Å². The molecule has 0 fully saturated rings. The topological polar surface area (TPSA) is 62.7 Å². The molecular formula is C16H14BrN5. The van der Waals surface area contributed by atoms with Crippen LogP contribution in [0.1, 0.15) is 5.56 Å². The number of hydrogen-bond donors (Lipinski definition) is 2. The molecule has 1 aromatic carbocycles. The van der Waals surface area contributed by atoms with E-state index >= 15 is 0 Å². The average molecular weight is 356 g/mol. The standard InChI is InChI=1S/C16H14BrN5/c17-13-5-1-2-6-14(13)21-15-7-9-19-16(22-15)20-11-12-4-3-8-18-10-12/h1-10H,11H2,(H2,19,20,21,22). The SMILES string of the molecule is Brc1ccccc1Nc1ccnc(NCc2cccnc2)n1. The predicted octanol–water partition coefficient (Wildman–Crippen LogP) is 3.99. The van der Waals surface area contributed by atoms with Gasteiger partial charge in [-0.15, -0.1) is 0 Å². The van der Waals surface area contributed by atoms with Crippen LogP contribution in [0.15, 0.2) is 65.5 Å². The van der Waals surface area contributed by atoms with Gasteiger partial charge in [0.05, 0.1) is 5.69 Å². The van der Waals surface area contributed by atoms with Crippen LogP contribution in [-0.2, 0) is 6.54 Å². The van der Waals surface area contributed by atoms with Crippen LogP contribution in [0.4, 0.5) is 17.5 Å². The van der Waals surface area contributed by atoms with E-state index in [0.29, 0.717) is 12.5 Å². The zero-order valence-corrected chi connectivity index (χ0v) is 13.3. The summed E-state index contributed by atoms with van der Waals surface area (Å²) in [7, 11) is 0. The summed E-state index contributed by atoms with van der Waals surface area (Å²) >= 11 is 3.51. The molecule has 2 heterocycles. The molecule has 0 saturated heterocycles. The Morgan fingerprint density at radius 3 is 2.73 bits per heavy atom. The summed E-state index contributed by atoms with van der Waals surface area (Å²) in [6.07, 6.45) is 5.29. The molecule has 0 radical (unpaired) electrons. The minimum Gasteiger partial charge on any atom is -0.350 e. The van der Waals surface area contributed by atoms with Crippen LogP contribution in [0.3, 0.4) is 0 Å². The summed E-state index contributed by atoms with van der Waals surface area (Å²) in [6, 6.07) is 13.6. The molecular weight excluding hydrogens is 342 g/mol. The molecule has 110 valence electrons. The molecule has 0 amide bonds. The zero-order valence-electron chi connectivity index (χ0n) is 11.7. The number of rotatable bonds is 5. The molecule has 0 atom stereocenters. The summed E-state index contributed by atoms with van der Waals surface area (Å²) in [6.45, 7) is 0.631. The van der Waals surface area contributed by atoms with Crippen LogP contribution in [0.25, 0.3) is 0 Å². The van der Waals surface area contributed by atoms with Crippen molar-refractivity contribution in [2.75, 3.05) is 10.6 Å². The van der Waals surface area contributed by atoms with Gasteiger partial charge in [-0.25, -0.2) is 4.98 Å². The van der Waals surface area contributed by atoms with Crippen molar-refractivity contribution in [3.63, 3.8) is 0 Å². The van der Waals surface area contributed by atoms with E-state index in [2.05, 4.69) is 41.5 Å². The Morgan fingerprint density at radius 2 is 1.91 bits per heavy atom. The Hall–Kier alpha value is -2.47. The predicted molar refractivity (Wildman–Crippen MR) is 91.0 cm³/mol. The number of nitrogens with one attached hydrogen (secondary N) is 2. The number of nitrogens with zero attached hydrogens (tertiary/aromatic N) is 3. The van der Waals surface area contributed by atoms with Crippen molar-refractivity contribution >= 4 is 33.4 Å². The minimum atomic E-state index is 0.570. The third kappa shape index (κ3) is 3.79. The molecule has 6 heteroatoms. The van der Waals surface area contributed by atoms with E-state index in [-0.39, 0.29) is 0 Å². The van der Waals surface area contributed by atoms with Crippen LogP contribution in [0, 0.1) is 0 Å². The lowest BCUT2D eigenvalue weighted by Crippen LogP contribution is -2.05. The third-order valence-electron chi connectivity index (χ3n) is 2.97. The third-order valence-corrected chi connectivity index (χ3v) is 3.66. The lowest BCUT2D eigenvalue weighted by molar-refractivity contribution is 1.04. The van der Waals surface area contributed by atoms with Crippen molar-refractivity contribution in [3.8, 4) is 0 Å². The van der Waals surface area contributed by atoms with Crippen LogP contribution in [0.5, 0.6) is 0 Å². The number of anilines is 3. The van der Waals surface area contributed by atoms with Gasteiger partial charge in [0, 0.05) is 29.6 Å². The number of benzene rings is 1. The molecule has 0 aliphatic heterocycles. The van der Waals surface area contributed by atoms with Gasteiger partial charge in [0.2, 0.25) is 5.95 Å². The maximum absolute atomic E-state index is 4.45. The minimum absolute atomic E-state index is 0.570. The molecule has 2 N–H and O–H groups in total. The maximum atomic E-state index is 4.45. The van der Waals surface area contributed by atoms with Gasteiger partial charge in [-0.1, -0.05) is 18.2 Å². The highest BCUT2D eigenvalue weighted by Gasteiger charge is 2.02. The van der Waals surface area contributed by atoms with Crippen LogP contribution in [0.2, 0.25) is 0 Å². The van der Waals surface area contributed by atoms with Gasteiger partial charge in [-0.2, -0.15) is 4.98 Å². The monoisotopic (exact) mass is 355 g/mol. The van der Waals surface area contributed by atoms with Gasteiger partial charge in [-0.3, -0.25) is 4.98 Å². The van der Waals surface area contributed by atoms with E-state index in [1.807, 2.05) is 48.7 Å². The highest BCUT2D eigenvalue weighted by Crippen LogP contribution is 2.24. The average Bonchev–Trinajstić information content (AvgIpc) is 2.57. The number of aromatic nitrogens is 3. The summed E-state index contributed by atoms with van der Waals surface area (Å²) in [5.74, 6) is 1.30. The van der Waals surface area contributed by atoms with Crippen molar-refractivity contribution < 1.29 is 0 Å². The van der Waals surface area contributed by atoms with Crippen LogP contribution >= 0.6 is 15.9 Å². The highest BCUT2D eigenvalue weighted by atomic mass is 79.9. The smallest absolute Gasteiger partial charge is 0.224 e. The van der Waals surface area contributed by atoms with Gasteiger partial charge < -0.3 is 10.6 Å². The zero-order chi connectivity index (χ0) is 15.2. The van der Waals surface area contributed by atoms with Crippen LogP contribution in [-0.4, -0.2) is 15.0 Å².